The predicted octanol–water partition coefficient (Wildman–Crippen LogP) is 4.01. The molecule has 0 fully saturated rings. The zero-order chi connectivity index (χ0) is 20.1. The molecule has 0 aliphatic heterocycles. The summed E-state index contributed by atoms with van der Waals surface area (Å²) in [6.45, 7) is 1.52. The Hall–Kier alpha value is -2.90. The largest absolute Gasteiger partial charge is 0.369 e. The van der Waals surface area contributed by atoms with Crippen LogP contribution < -0.4 is 10.3 Å². The molecule has 0 aliphatic carbocycles. The first-order chi connectivity index (χ1) is 14.3. The highest BCUT2D eigenvalue weighted by Crippen LogP contribution is 2.23. The van der Waals surface area contributed by atoms with Gasteiger partial charge in [0.25, 0.3) is 0 Å². The van der Waals surface area contributed by atoms with Crippen LogP contribution in [-0.4, -0.2) is 50.9 Å². The molecule has 0 atom stereocenters. The van der Waals surface area contributed by atoms with Gasteiger partial charge in [0, 0.05) is 41.3 Å². The average Bonchev–Trinajstić information content (AvgIpc) is 3.23. The number of alkyl halides is 2. The zero-order valence-electron chi connectivity index (χ0n) is 15.5. The maximum absolute atomic E-state index is 5.88. The first-order valence-electron chi connectivity index (χ1n) is 9.15. The Kier molecular flexibility index (Phi) is 6.07. The van der Waals surface area contributed by atoms with Gasteiger partial charge in [-0.15, -0.1) is 38.5 Å². The van der Waals surface area contributed by atoms with Crippen molar-refractivity contribution in [3.05, 3.63) is 60.4 Å². The van der Waals surface area contributed by atoms with E-state index in [2.05, 4.69) is 30.7 Å². The molecule has 0 saturated heterocycles. The predicted molar refractivity (Wildman–Crippen MR) is 120 cm³/mol. The Morgan fingerprint density at radius 1 is 1.00 bits per heavy atom. The number of rotatable bonds is 8. The number of benzene rings is 2. The lowest BCUT2D eigenvalue weighted by atomic mass is 10.2. The van der Waals surface area contributed by atoms with Gasteiger partial charge < -0.3 is 4.90 Å². The minimum atomic E-state index is 0.557. The fraction of sp³-hybridized carbons (Fsp3) is 0.200. The zero-order valence-corrected chi connectivity index (χ0v) is 17.1. The van der Waals surface area contributed by atoms with Crippen molar-refractivity contribution >= 4 is 57.3 Å². The maximum Gasteiger partial charge on any atom is 0.185 e. The van der Waals surface area contributed by atoms with Crippen LogP contribution >= 0.6 is 23.2 Å². The molecule has 9 heteroatoms. The lowest BCUT2D eigenvalue weighted by Gasteiger charge is -2.22. The lowest BCUT2D eigenvalue weighted by Crippen LogP contribution is -2.27. The molecular formula is C20H19Cl2N7. The minimum absolute atomic E-state index is 0.557. The summed E-state index contributed by atoms with van der Waals surface area (Å²) in [4.78, 5) is 2.16. The second-order valence-electron chi connectivity index (χ2n) is 6.32. The fourth-order valence-electron chi connectivity index (χ4n) is 3.12. The monoisotopic (exact) mass is 427 g/mol. The molecule has 0 aliphatic rings. The molecule has 1 N–H and O–H groups in total. The molecule has 4 aromatic rings. The highest BCUT2D eigenvalue weighted by molar-refractivity contribution is 6.18. The number of anilines is 2. The number of hydrogen-bond acceptors (Lipinski definition) is 6. The first kappa shape index (κ1) is 19.4. The van der Waals surface area contributed by atoms with E-state index in [0.29, 0.717) is 23.2 Å². The van der Waals surface area contributed by atoms with Crippen molar-refractivity contribution in [3.63, 3.8) is 0 Å². The van der Waals surface area contributed by atoms with Crippen molar-refractivity contribution in [1.29, 1.82) is 0 Å². The highest BCUT2D eigenvalue weighted by atomic mass is 35.5. The van der Waals surface area contributed by atoms with Crippen molar-refractivity contribution in [2.24, 2.45) is 5.10 Å². The standard InChI is InChI=1S/C20H19Cl2N7/c21-9-11-28(12-10-22)16-7-5-15(6-8-16)13-23-25-19-17-3-1-2-4-18(17)20-26-24-14-29(20)27-19/h1-8,13-14H,9-12H2,(H,25,27)/b23-13-. The van der Waals surface area contributed by atoms with E-state index in [4.69, 9.17) is 23.2 Å². The van der Waals surface area contributed by atoms with Crippen LogP contribution in [0.25, 0.3) is 16.4 Å². The third-order valence-corrected chi connectivity index (χ3v) is 4.85. The SMILES string of the molecule is ClCCN(CCCl)c1ccc(/C=N\Nc2nn3cnnc3c3ccccc23)cc1. The van der Waals surface area contributed by atoms with Crippen LogP contribution in [0.15, 0.2) is 60.0 Å². The molecule has 29 heavy (non-hydrogen) atoms. The van der Waals surface area contributed by atoms with Gasteiger partial charge in [-0.3, -0.25) is 5.43 Å². The van der Waals surface area contributed by atoms with Crippen molar-refractivity contribution in [1.82, 2.24) is 19.8 Å². The van der Waals surface area contributed by atoms with Crippen LogP contribution in [0.4, 0.5) is 11.5 Å². The van der Waals surface area contributed by atoms with Gasteiger partial charge in [-0.1, -0.05) is 36.4 Å². The summed E-state index contributed by atoms with van der Waals surface area (Å²) in [6, 6.07) is 16.0. The van der Waals surface area contributed by atoms with Crippen LogP contribution in [0.5, 0.6) is 0 Å². The number of nitrogens with one attached hydrogen (secondary N) is 1. The molecule has 0 saturated carbocycles. The van der Waals surface area contributed by atoms with Crippen LogP contribution in [0.3, 0.4) is 0 Å². The molecule has 148 valence electrons. The van der Waals surface area contributed by atoms with E-state index in [9.17, 15) is 0 Å². The van der Waals surface area contributed by atoms with Gasteiger partial charge in [0.05, 0.1) is 6.21 Å². The fourth-order valence-corrected chi connectivity index (χ4v) is 3.53. The van der Waals surface area contributed by atoms with Gasteiger partial charge in [-0.05, 0) is 17.7 Å². The third-order valence-electron chi connectivity index (χ3n) is 4.51. The van der Waals surface area contributed by atoms with E-state index in [1.165, 1.54) is 0 Å². The third kappa shape index (κ3) is 4.26. The summed E-state index contributed by atoms with van der Waals surface area (Å²) in [5.41, 5.74) is 5.80. The van der Waals surface area contributed by atoms with Crippen LogP contribution in [0.1, 0.15) is 5.56 Å². The van der Waals surface area contributed by atoms with E-state index in [1.807, 2.05) is 48.5 Å². The van der Waals surface area contributed by atoms with Gasteiger partial charge in [0.15, 0.2) is 11.5 Å². The van der Waals surface area contributed by atoms with E-state index >= 15 is 0 Å². The quantitative estimate of drug-likeness (QED) is 0.261. The van der Waals surface area contributed by atoms with Gasteiger partial charge in [0.1, 0.15) is 6.33 Å². The van der Waals surface area contributed by atoms with E-state index in [1.54, 1.807) is 17.1 Å². The minimum Gasteiger partial charge on any atom is -0.369 e. The molecule has 0 amide bonds. The molecule has 0 unspecified atom stereocenters. The Morgan fingerprint density at radius 2 is 1.72 bits per heavy atom. The van der Waals surface area contributed by atoms with Crippen molar-refractivity contribution in [2.45, 2.75) is 0 Å². The smallest absolute Gasteiger partial charge is 0.185 e. The molecule has 7 nitrogen and oxygen atoms in total. The second kappa shape index (κ2) is 9.07. The van der Waals surface area contributed by atoms with Gasteiger partial charge in [-0.25, -0.2) is 0 Å². The number of fused-ring (bicyclic) bond motifs is 3. The summed E-state index contributed by atoms with van der Waals surface area (Å²) < 4.78 is 1.64. The Labute approximate surface area is 177 Å². The Morgan fingerprint density at radius 3 is 2.45 bits per heavy atom. The number of hydrazone groups is 1. The molecule has 0 bridgehead atoms. The normalized spacial score (nSPS) is 11.5. The van der Waals surface area contributed by atoms with Crippen molar-refractivity contribution in [3.8, 4) is 0 Å². The summed E-state index contributed by atoms with van der Waals surface area (Å²) in [7, 11) is 0. The van der Waals surface area contributed by atoms with E-state index in [-0.39, 0.29) is 0 Å². The highest BCUT2D eigenvalue weighted by Gasteiger charge is 2.09. The summed E-state index contributed by atoms with van der Waals surface area (Å²) >= 11 is 11.8. The number of hydrogen-bond donors (Lipinski definition) is 1. The average molecular weight is 428 g/mol. The van der Waals surface area contributed by atoms with Gasteiger partial charge in [0.2, 0.25) is 0 Å². The maximum atomic E-state index is 5.88. The molecule has 0 radical (unpaired) electrons. The van der Waals surface area contributed by atoms with Crippen LogP contribution in [0.2, 0.25) is 0 Å². The van der Waals surface area contributed by atoms with Crippen LogP contribution in [-0.2, 0) is 0 Å². The molecule has 2 aromatic heterocycles. The lowest BCUT2D eigenvalue weighted by molar-refractivity contribution is 0.874. The number of aromatic nitrogens is 4. The van der Waals surface area contributed by atoms with Crippen molar-refractivity contribution < 1.29 is 0 Å². The topological polar surface area (TPSA) is 70.7 Å². The summed E-state index contributed by atoms with van der Waals surface area (Å²) in [6.07, 6.45) is 3.33. The molecule has 0 spiro atoms. The van der Waals surface area contributed by atoms with Crippen LogP contribution in [0, 0.1) is 0 Å². The molecule has 4 rings (SSSR count). The van der Waals surface area contributed by atoms with Gasteiger partial charge in [-0.2, -0.15) is 9.62 Å². The van der Waals surface area contributed by atoms with Crippen molar-refractivity contribution in [2.75, 3.05) is 35.2 Å². The number of nitrogens with zero attached hydrogens (tertiary/aromatic N) is 6. The van der Waals surface area contributed by atoms with E-state index < -0.39 is 0 Å². The number of halogens is 2. The van der Waals surface area contributed by atoms with E-state index in [0.717, 1.165) is 35.1 Å². The summed E-state index contributed by atoms with van der Waals surface area (Å²) in [5.74, 6) is 1.75. The second-order valence-corrected chi connectivity index (χ2v) is 7.08. The Bertz CT molecular complexity index is 1120. The Balaban J connectivity index is 1.53. The molecule has 2 heterocycles. The van der Waals surface area contributed by atoms with Gasteiger partial charge >= 0.3 is 0 Å². The first-order valence-corrected chi connectivity index (χ1v) is 10.2. The molecule has 2 aromatic carbocycles. The molecular weight excluding hydrogens is 409 g/mol. The summed E-state index contributed by atoms with van der Waals surface area (Å²) in [5, 5.41) is 18.8.